The molecule has 0 aliphatic heterocycles. The summed E-state index contributed by atoms with van der Waals surface area (Å²) >= 11 is 0. The van der Waals surface area contributed by atoms with Crippen LogP contribution in [0.5, 0.6) is 5.75 Å². The second kappa shape index (κ2) is 11.9. The summed E-state index contributed by atoms with van der Waals surface area (Å²) in [4.78, 5) is 26.4. The van der Waals surface area contributed by atoms with Gasteiger partial charge in [0.2, 0.25) is 12.2 Å². The van der Waals surface area contributed by atoms with Crippen LogP contribution >= 0.6 is 0 Å². The molecule has 0 saturated heterocycles. The van der Waals surface area contributed by atoms with E-state index < -0.39 is 17.3 Å². The number of benzene rings is 3. The van der Waals surface area contributed by atoms with Crippen molar-refractivity contribution in [1.82, 2.24) is 9.97 Å². The number of aliphatic imine (C=N–C) groups is 1. The predicted molar refractivity (Wildman–Crippen MR) is 147 cm³/mol. The number of halogens is 2. The van der Waals surface area contributed by atoms with Gasteiger partial charge in [-0.1, -0.05) is 36.4 Å². The highest BCUT2D eigenvalue weighted by atomic mass is 19.2. The number of amidine groups is 1. The Labute approximate surface area is 223 Å². The number of ether oxygens (including phenoxy) is 1. The Morgan fingerprint density at radius 1 is 1.08 bits per heavy atom. The molecule has 0 unspecified atom stereocenters. The number of rotatable bonds is 9. The molecule has 1 aromatic heterocycles. The van der Waals surface area contributed by atoms with Gasteiger partial charge >= 0.3 is 0 Å². The number of carbonyl (C=O) groups is 1. The third kappa shape index (κ3) is 5.72. The number of hydrogen-bond donors (Lipinski definition) is 3. The molecule has 3 aromatic carbocycles. The van der Waals surface area contributed by atoms with Crippen LogP contribution in [-0.2, 0) is 4.79 Å². The SMILES string of the molecule is COc1ccc(C(=N)c2c(N)ncnc2NCC(=Nc2ccccc2C)N(C=O)c2ccccc2)c(F)c1F. The Hall–Kier alpha value is -5.19. The van der Waals surface area contributed by atoms with E-state index >= 15 is 0 Å². The van der Waals surface area contributed by atoms with Gasteiger partial charge in [0.25, 0.3) is 0 Å². The Kier molecular flexibility index (Phi) is 8.20. The smallest absolute Gasteiger partial charge is 0.219 e. The van der Waals surface area contributed by atoms with Crippen LogP contribution in [0.3, 0.4) is 0 Å². The van der Waals surface area contributed by atoms with Gasteiger partial charge in [0.1, 0.15) is 23.8 Å². The minimum Gasteiger partial charge on any atom is -0.494 e. The maximum Gasteiger partial charge on any atom is 0.219 e. The fourth-order valence-electron chi connectivity index (χ4n) is 3.83. The van der Waals surface area contributed by atoms with Gasteiger partial charge < -0.3 is 15.8 Å². The maximum atomic E-state index is 14.8. The Morgan fingerprint density at radius 2 is 1.79 bits per heavy atom. The zero-order valence-electron chi connectivity index (χ0n) is 21.2. The minimum absolute atomic E-state index is 0.0435. The number of aryl methyl sites for hydroxylation is 1. The molecule has 0 aliphatic rings. The number of aromatic nitrogens is 2. The number of nitrogen functional groups attached to an aromatic ring is 1. The topological polar surface area (TPSA) is 130 Å². The number of anilines is 3. The fraction of sp³-hybridized carbons (Fsp3) is 0.107. The molecule has 0 bridgehead atoms. The molecule has 0 spiro atoms. The molecule has 198 valence electrons. The van der Waals surface area contributed by atoms with Crippen LogP contribution in [0.25, 0.3) is 0 Å². The first-order chi connectivity index (χ1) is 18.8. The third-order valence-corrected chi connectivity index (χ3v) is 5.86. The van der Waals surface area contributed by atoms with Crippen molar-refractivity contribution in [3.05, 3.63) is 101 Å². The van der Waals surface area contributed by atoms with E-state index in [2.05, 4.69) is 15.3 Å². The van der Waals surface area contributed by atoms with Crippen molar-refractivity contribution in [2.45, 2.75) is 6.92 Å². The van der Waals surface area contributed by atoms with E-state index in [1.54, 1.807) is 24.3 Å². The summed E-state index contributed by atoms with van der Waals surface area (Å²) in [6.45, 7) is 1.85. The van der Waals surface area contributed by atoms with Gasteiger partial charge in [-0.3, -0.25) is 15.1 Å². The molecule has 11 heteroatoms. The molecule has 9 nitrogen and oxygen atoms in total. The van der Waals surface area contributed by atoms with E-state index in [-0.39, 0.29) is 35.1 Å². The first-order valence-corrected chi connectivity index (χ1v) is 11.7. The molecule has 0 saturated carbocycles. The Morgan fingerprint density at radius 3 is 2.49 bits per heavy atom. The average molecular weight is 530 g/mol. The highest BCUT2D eigenvalue weighted by Gasteiger charge is 2.23. The molecule has 0 fully saturated rings. The van der Waals surface area contributed by atoms with Crippen LogP contribution in [0.2, 0.25) is 0 Å². The third-order valence-electron chi connectivity index (χ3n) is 5.86. The van der Waals surface area contributed by atoms with E-state index in [9.17, 15) is 13.6 Å². The first kappa shape index (κ1) is 26.9. The van der Waals surface area contributed by atoms with Gasteiger partial charge in [-0.25, -0.2) is 19.4 Å². The standard InChI is InChI=1S/C28H25F2N7O2/c1-17-8-6-7-11-20(17)36-22(37(16-38)18-9-4-3-5-10-18)14-33-28-23(27(32)34-15-35-28)26(31)19-12-13-21(39-2)25(30)24(19)29/h3-13,15-16,31H,14H2,1-2H3,(H3,32,33,34,35). The molecule has 1 heterocycles. The summed E-state index contributed by atoms with van der Waals surface area (Å²) in [7, 11) is 1.21. The van der Waals surface area contributed by atoms with Crippen LogP contribution in [0.4, 0.5) is 31.8 Å². The molecule has 0 aliphatic carbocycles. The van der Waals surface area contributed by atoms with Crippen LogP contribution in [0.15, 0.2) is 78.0 Å². The second-order valence-electron chi connectivity index (χ2n) is 8.28. The number of para-hydroxylation sites is 2. The lowest BCUT2D eigenvalue weighted by molar-refractivity contribution is -0.106. The number of methoxy groups -OCH3 is 1. The van der Waals surface area contributed by atoms with Gasteiger partial charge in [0.15, 0.2) is 11.6 Å². The number of nitrogens with one attached hydrogen (secondary N) is 2. The summed E-state index contributed by atoms with van der Waals surface area (Å²) in [5.74, 6) is -2.55. The molecule has 39 heavy (non-hydrogen) atoms. The van der Waals surface area contributed by atoms with Gasteiger partial charge in [0, 0.05) is 11.3 Å². The molecule has 0 radical (unpaired) electrons. The van der Waals surface area contributed by atoms with E-state index in [1.165, 1.54) is 30.5 Å². The molecule has 4 aromatic rings. The van der Waals surface area contributed by atoms with E-state index in [1.807, 2.05) is 37.3 Å². The Balaban J connectivity index is 1.74. The van der Waals surface area contributed by atoms with Crippen LogP contribution < -0.4 is 20.7 Å². The zero-order valence-corrected chi connectivity index (χ0v) is 21.2. The molecule has 0 atom stereocenters. The van der Waals surface area contributed by atoms with Crippen molar-refractivity contribution in [3.8, 4) is 5.75 Å². The first-order valence-electron chi connectivity index (χ1n) is 11.7. The minimum atomic E-state index is -1.27. The summed E-state index contributed by atoms with van der Waals surface area (Å²) in [6, 6.07) is 18.8. The number of carbonyl (C=O) groups excluding carboxylic acids is 1. The molecule has 4 N–H and O–H groups in total. The van der Waals surface area contributed by atoms with Crippen LogP contribution in [0, 0.1) is 24.0 Å². The van der Waals surface area contributed by atoms with Crippen molar-refractivity contribution in [2.24, 2.45) is 4.99 Å². The van der Waals surface area contributed by atoms with Crippen molar-refractivity contribution < 1.29 is 18.3 Å². The van der Waals surface area contributed by atoms with Crippen LogP contribution in [0.1, 0.15) is 16.7 Å². The number of nitrogens with two attached hydrogens (primary N) is 1. The van der Waals surface area contributed by atoms with Gasteiger partial charge in [-0.2, -0.15) is 4.39 Å². The van der Waals surface area contributed by atoms with Crippen molar-refractivity contribution >= 4 is 41.0 Å². The quantitative estimate of drug-likeness (QED) is 0.161. The summed E-state index contributed by atoms with van der Waals surface area (Å²) in [5.41, 5.74) is 7.32. The van der Waals surface area contributed by atoms with Gasteiger partial charge in [-0.15, -0.1) is 0 Å². The van der Waals surface area contributed by atoms with E-state index in [4.69, 9.17) is 20.9 Å². The zero-order chi connectivity index (χ0) is 27.9. The van der Waals surface area contributed by atoms with Crippen molar-refractivity contribution in [2.75, 3.05) is 29.6 Å². The normalized spacial score (nSPS) is 11.1. The number of hydrogen-bond acceptors (Lipinski definition) is 8. The summed E-state index contributed by atoms with van der Waals surface area (Å²) < 4.78 is 34.0. The highest BCUT2D eigenvalue weighted by Crippen LogP contribution is 2.28. The van der Waals surface area contributed by atoms with E-state index in [0.717, 1.165) is 5.56 Å². The second-order valence-corrected chi connectivity index (χ2v) is 8.28. The van der Waals surface area contributed by atoms with Crippen LogP contribution in [-0.4, -0.2) is 41.6 Å². The predicted octanol–water partition coefficient (Wildman–Crippen LogP) is 4.88. The number of nitrogens with zero attached hydrogens (tertiary/aromatic N) is 4. The highest BCUT2D eigenvalue weighted by molar-refractivity contribution is 6.17. The Bertz CT molecular complexity index is 1540. The molecular formula is C28H25F2N7O2. The molecular weight excluding hydrogens is 504 g/mol. The lowest BCUT2D eigenvalue weighted by Gasteiger charge is -2.22. The largest absolute Gasteiger partial charge is 0.494 e. The lowest BCUT2D eigenvalue weighted by Crippen LogP contribution is -2.35. The maximum absolute atomic E-state index is 14.8. The number of amides is 1. The summed E-state index contributed by atoms with van der Waals surface area (Å²) in [6.07, 6.45) is 1.81. The van der Waals surface area contributed by atoms with Gasteiger partial charge in [-0.05, 0) is 42.8 Å². The van der Waals surface area contributed by atoms with Crippen molar-refractivity contribution in [1.29, 1.82) is 5.41 Å². The monoisotopic (exact) mass is 529 g/mol. The molecule has 1 amide bonds. The summed E-state index contributed by atoms with van der Waals surface area (Å²) in [5, 5.41) is 11.7. The lowest BCUT2D eigenvalue weighted by atomic mass is 10.0. The fourth-order valence-corrected chi connectivity index (χ4v) is 3.83. The van der Waals surface area contributed by atoms with E-state index in [0.29, 0.717) is 23.6 Å². The molecule has 4 rings (SSSR count). The van der Waals surface area contributed by atoms with Gasteiger partial charge in [0.05, 0.1) is 30.6 Å². The van der Waals surface area contributed by atoms with Crippen molar-refractivity contribution in [3.63, 3.8) is 0 Å². The average Bonchev–Trinajstić information content (AvgIpc) is 2.95.